The second kappa shape index (κ2) is 10.1. The maximum absolute atomic E-state index is 12.8. The van der Waals surface area contributed by atoms with Gasteiger partial charge in [-0.15, -0.1) is 0 Å². The number of anilines is 5. The van der Waals surface area contributed by atoms with Gasteiger partial charge >= 0.3 is 0 Å². The maximum atomic E-state index is 12.8. The van der Waals surface area contributed by atoms with Crippen LogP contribution in [0.5, 0.6) is 5.75 Å². The third-order valence-electron chi connectivity index (χ3n) is 6.84. The molecule has 0 amide bonds. The highest BCUT2D eigenvalue weighted by molar-refractivity contribution is 7.70. The van der Waals surface area contributed by atoms with Gasteiger partial charge in [0.05, 0.1) is 24.7 Å². The van der Waals surface area contributed by atoms with Crippen molar-refractivity contribution in [3.63, 3.8) is 0 Å². The highest BCUT2D eigenvalue weighted by Gasteiger charge is 2.26. The molecule has 0 fully saturated rings. The lowest BCUT2D eigenvalue weighted by Crippen LogP contribution is -2.32. The summed E-state index contributed by atoms with van der Waals surface area (Å²) in [5, 5.41) is 12.0. The van der Waals surface area contributed by atoms with Crippen LogP contribution in [0, 0.1) is 0 Å². The lowest BCUT2D eigenvalue weighted by molar-refractivity contribution is 0.416. The van der Waals surface area contributed by atoms with Crippen molar-refractivity contribution >= 4 is 41.3 Å². The van der Waals surface area contributed by atoms with Gasteiger partial charge in [-0.3, -0.25) is 4.68 Å². The molecule has 3 heterocycles. The molecule has 0 atom stereocenters. The fraction of sp³-hybridized carbons (Fsp3) is 0.321. The number of aryl methyl sites for hydroxylation is 1. The first kappa shape index (κ1) is 25.8. The van der Waals surface area contributed by atoms with Crippen molar-refractivity contribution in [1.29, 1.82) is 0 Å². The van der Waals surface area contributed by atoms with Crippen LogP contribution in [0.3, 0.4) is 0 Å². The Morgan fingerprint density at radius 3 is 2.58 bits per heavy atom. The molecule has 5 rings (SSSR count). The minimum Gasteiger partial charge on any atom is -0.494 e. The molecule has 1 aliphatic heterocycles. The van der Waals surface area contributed by atoms with Crippen LogP contribution in [0.4, 0.5) is 28.8 Å². The van der Waals surface area contributed by atoms with E-state index in [1.807, 2.05) is 42.2 Å². The zero-order valence-corrected chi connectivity index (χ0v) is 23.6. The molecule has 0 bridgehead atoms. The van der Waals surface area contributed by atoms with E-state index < -0.39 is 7.14 Å². The SMILES string of the molecule is COc1cc2c(cc1Nc1nccc(Nc3ccccc3P(C)(C)=O)n1)-c1cnn(C)c1CCN2C(C)C. The largest absolute Gasteiger partial charge is 0.494 e. The van der Waals surface area contributed by atoms with Crippen LogP contribution in [0.15, 0.2) is 54.9 Å². The third-order valence-corrected chi connectivity index (χ3v) is 8.39. The zero-order chi connectivity index (χ0) is 27.0. The van der Waals surface area contributed by atoms with Gasteiger partial charge in [-0.05, 0) is 51.4 Å². The Bertz CT molecular complexity index is 1530. The molecular weight excluding hydrogens is 497 g/mol. The molecule has 0 saturated carbocycles. The van der Waals surface area contributed by atoms with E-state index in [-0.39, 0.29) is 0 Å². The average Bonchev–Trinajstić information content (AvgIpc) is 3.15. The molecule has 38 heavy (non-hydrogen) atoms. The lowest BCUT2D eigenvalue weighted by atomic mass is 10.0. The summed E-state index contributed by atoms with van der Waals surface area (Å²) in [5.74, 6) is 1.72. The van der Waals surface area contributed by atoms with Gasteiger partial charge in [0.1, 0.15) is 18.7 Å². The Hall–Kier alpha value is -3.84. The van der Waals surface area contributed by atoms with Gasteiger partial charge in [-0.25, -0.2) is 4.98 Å². The van der Waals surface area contributed by atoms with Crippen LogP contribution in [-0.4, -0.2) is 52.8 Å². The summed E-state index contributed by atoms with van der Waals surface area (Å²) in [5.41, 5.74) is 6.06. The summed E-state index contributed by atoms with van der Waals surface area (Å²) in [6, 6.07) is 13.9. The Kier molecular flexibility index (Phi) is 6.88. The Morgan fingerprint density at radius 2 is 1.84 bits per heavy atom. The first-order valence-corrected chi connectivity index (χ1v) is 15.3. The van der Waals surface area contributed by atoms with E-state index in [0.29, 0.717) is 23.6 Å². The topological polar surface area (TPSA) is 97.2 Å². The second-order valence-corrected chi connectivity index (χ2v) is 13.3. The van der Waals surface area contributed by atoms with E-state index in [9.17, 15) is 4.57 Å². The van der Waals surface area contributed by atoms with Gasteiger partial charge in [-0.1, -0.05) is 12.1 Å². The van der Waals surface area contributed by atoms with Gasteiger partial charge in [-0.2, -0.15) is 10.1 Å². The van der Waals surface area contributed by atoms with E-state index in [2.05, 4.69) is 56.6 Å². The molecule has 0 spiro atoms. The standard InChI is InChI=1S/C28H34N7O2P/c1-18(2)35-14-12-23-20(17-30-34(23)3)19-15-22(25(37-4)16-24(19)35)32-28-29-13-11-27(33-28)31-21-9-7-8-10-26(21)38(5,6)36/h7-11,13,15-18H,12,14H2,1-6H3,(H2,29,31,32,33). The van der Waals surface area contributed by atoms with Crippen molar-refractivity contribution in [2.24, 2.45) is 7.05 Å². The third kappa shape index (κ3) is 4.98. The number of nitrogens with one attached hydrogen (secondary N) is 2. The first-order chi connectivity index (χ1) is 18.2. The van der Waals surface area contributed by atoms with Gasteiger partial charge < -0.3 is 24.8 Å². The minimum atomic E-state index is -2.47. The number of nitrogens with zero attached hydrogens (tertiary/aromatic N) is 5. The molecule has 1 aliphatic rings. The van der Waals surface area contributed by atoms with E-state index in [1.165, 1.54) is 5.69 Å². The number of rotatable bonds is 7. The first-order valence-electron chi connectivity index (χ1n) is 12.7. The number of hydrogen-bond donors (Lipinski definition) is 2. The van der Waals surface area contributed by atoms with Crippen LogP contribution in [0.25, 0.3) is 11.1 Å². The molecule has 10 heteroatoms. The number of methoxy groups -OCH3 is 1. The molecule has 2 N–H and O–H groups in total. The fourth-order valence-corrected chi connectivity index (χ4v) is 6.11. The molecule has 4 aromatic rings. The van der Waals surface area contributed by atoms with Gasteiger partial charge in [0.2, 0.25) is 5.95 Å². The number of ether oxygens (including phenoxy) is 1. The predicted molar refractivity (Wildman–Crippen MR) is 156 cm³/mol. The van der Waals surface area contributed by atoms with Crippen LogP contribution in [0.2, 0.25) is 0 Å². The van der Waals surface area contributed by atoms with Crippen molar-refractivity contribution in [2.75, 3.05) is 42.5 Å². The van der Waals surface area contributed by atoms with Crippen LogP contribution < -0.4 is 25.6 Å². The molecule has 0 aliphatic carbocycles. The van der Waals surface area contributed by atoms with Crippen LogP contribution in [0.1, 0.15) is 19.5 Å². The Morgan fingerprint density at radius 1 is 1.05 bits per heavy atom. The summed E-state index contributed by atoms with van der Waals surface area (Å²) < 4.78 is 20.6. The van der Waals surface area contributed by atoms with Gasteiger partial charge in [0, 0.05) is 66.1 Å². The smallest absolute Gasteiger partial charge is 0.229 e. The molecule has 2 aromatic heterocycles. The average molecular weight is 532 g/mol. The van der Waals surface area contributed by atoms with Gasteiger partial charge in [0.15, 0.2) is 0 Å². The van der Waals surface area contributed by atoms with E-state index in [0.717, 1.165) is 46.5 Å². The Labute approximate surface area is 223 Å². The fourth-order valence-electron chi connectivity index (χ4n) is 4.95. The van der Waals surface area contributed by atoms with Crippen LogP contribution >= 0.6 is 7.14 Å². The van der Waals surface area contributed by atoms with E-state index >= 15 is 0 Å². The molecule has 198 valence electrons. The number of hydrogen-bond acceptors (Lipinski definition) is 8. The Balaban J connectivity index is 1.52. The van der Waals surface area contributed by atoms with Crippen LogP contribution in [-0.2, 0) is 18.0 Å². The van der Waals surface area contributed by atoms with Crippen molar-refractivity contribution in [2.45, 2.75) is 26.3 Å². The summed E-state index contributed by atoms with van der Waals surface area (Å²) in [7, 11) is 1.19. The summed E-state index contributed by atoms with van der Waals surface area (Å²) in [6.45, 7) is 8.83. The highest BCUT2D eigenvalue weighted by Crippen LogP contribution is 2.43. The summed E-state index contributed by atoms with van der Waals surface area (Å²) in [4.78, 5) is 11.5. The predicted octanol–water partition coefficient (Wildman–Crippen LogP) is 5.39. The quantitative estimate of drug-likeness (QED) is 0.307. The monoisotopic (exact) mass is 531 g/mol. The highest BCUT2D eigenvalue weighted by atomic mass is 31.2. The lowest BCUT2D eigenvalue weighted by Gasteiger charge is -2.30. The normalized spacial score (nSPS) is 13.1. The number of para-hydroxylation sites is 1. The molecule has 0 radical (unpaired) electrons. The molecular formula is C28H34N7O2P. The molecule has 2 aromatic carbocycles. The van der Waals surface area contributed by atoms with E-state index in [1.54, 1.807) is 32.7 Å². The maximum Gasteiger partial charge on any atom is 0.229 e. The molecule has 0 unspecified atom stereocenters. The van der Waals surface area contributed by atoms with Crippen molar-refractivity contribution in [3.8, 4) is 16.9 Å². The molecule has 9 nitrogen and oxygen atoms in total. The minimum absolute atomic E-state index is 0.329. The van der Waals surface area contributed by atoms with Gasteiger partial charge in [0.25, 0.3) is 0 Å². The number of benzene rings is 2. The van der Waals surface area contributed by atoms with Crippen molar-refractivity contribution < 1.29 is 9.30 Å². The van der Waals surface area contributed by atoms with Crippen molar-refractivity contribution in [3.05, 3.63) is 60.6 Å². The van der Waals surface area contributed by atoms with E-state index in [4.69, 9.17) is 4.74 Å². The number of aromatic nitrogens is 4. The summed E-state index contributed by atoms with van der Waals surface area (Å²) in [6.07, 6.45) is 4.53. The summed E-state index contributed by atoms with van der Waals surface area (Å²) >= 11 is 0. The zero-order valence-electron chi connectivity index (χ0n) is 22.7. The second-order valence-electron chi connectivity index (χ2n) is 10.1. The molecule has 0 saturated heterocycles. The van der Waals surface area contributed by atoms with Crippen molar-refractivity contribution in [1.82, 2.24) is 19.7 Å². The number of fused-ring (bicyclic) bond motifs is 3.